The number of nitrogens with zero attached hydrogens (tertiary/aromatic N) is 2. The minimum Gasteiger partial charge on any atom is -0.459 e. The molecule has 350 valence electrons. The van der Waals surface area contributed by atoms with Crippen LogP contribution in [0.1, 0.15) is 134 Å². The molecule has 2 aliphatic carbocycles. The highest BCUT2D eigenvalue weighted by atomic mass is 16.7. The minimum atomic E-state index is -1.48. The van der Waals surface area contributed by atoms with E-state index in [9.17, 15) is 24.9 Å². The molecule has 0 unspecified atom stereocenters. The summed E-state index contributed by atoms with van der Waals surface area (Å²) in [4.78, 5) is 34.4. The number of carbonyl (C=O) groups excluding carboxylic acids is 2. The van der Waals surface area contributed by atoms with E-state index in [1.807, 2.05) is 13.0 Å². The summed E-state index contributed by atoms with van der Waals surface area (Å²) < 4.78 is 31.8. The minimum absolute atomic E-state index is 0.00441. The second-order valence-electron chi connectivity index (χ2n) is 16.7. The molecule has 1 aliphatic heterocycles. The van der Waals surface area contributed by atoms with E-state index in [0.717, 1.165) is 56.1 Å². The number of hydrogen-bond acceptors (Lipinski definition) is 12. The van der Waals surface area contributed by atoms with Crippen molar-refractivity contribution in [1.82, 2.24) is 10.2 Å². The van der Waals surface area contributed by atoms with Crippen molar-refractivity contribution < 1.29 is 53.4 Å². The number of rotatable bonds is 31. The molecule has 1 aromatic carbocycles. The van der Waals surface area contributed by atoms with Crippen LogP contribution in [-0.2, 0) is 19.0 Å². The molecule has 1 fully saturated rings. The third-order valence-electron chi connectivity index (χ3n) is 12.4. The first-order valence-electron chi connectivity index (χ1n) is 23.5. The predicted octanol–water partition coefficient (Wildman–Crippen LogP) is 8.43. The second-order valence-corrected chi connectivity index (χ2v) is 16.7. The van der Waals surface area contributed by atoms with E-state index in [4.69, 9.17) is 28.5 Å². The van der Waals surface area contributed by atoms with Crippen molar-refractivity contribution in [3.8, 4) is 11.5 Å². The van der Waals surface area contributed by atoms with Gasteiger partial charge in [-0.2, -0.15) is 0 Å². The normalized spacial score (nSPS) is 23.1. The van der Waals surface area contributed by atoms with Crippen LogP contribution in [0.4, 0.5) is 9.59 Å². The lowest BCUT2D eigenvalue weighted by molar-refractivity contribution is -0.256. The fourth-order valence-electron chi connectivity index (χ4n) is 9.65. The van der Waals surface area contributed by atoms with Gasteiger partial charge in [0.1, 0.15) is 24.7 Å². The van der Waals surface area contributed by atoms with Gasteiger partial charge >= 0.3 is 12.2 Å². The number of oxime groups is 1. The number of aliphatic hydroxyl groups is 3. The Kier molecular flexibility index (Phi) is 23.2. The van der Waals surface area contributed by atoms with E-state index in [0.29, 0.717) is 36.6 Å². The van der Waals surface area contributed by atoms with E-state index in [1.165, 1.54) is 52.1 Å². The summed E-state index contributed by atoms with van der Waals surface area (Å²) in [6.45, 7) is 9.17. The van der Waals surface area contributed by atoms with Gasteiger partial charge in [0, 0.05) is 44.2 Å². The Morgan fingerprint density at radius 1 is 0.919 bits per heavy atom. The molecule has 0 bridgehead atoms. The predicted molar refractivity (Wildman–Crippen MR) is 239 cm³/mol. The van der Waals surface area contributed by atoms with Crippen LogP contribution in [0.15, 0.2) is 47.7 Å². The zero-order valence-electron chi connectivity index (χ0n) is 37.9. The van der Waals surface area contributed by atoms with Crippen molar-refractivity contribution in [2.45, 2.75) is 141 Å². The Bertz CT molecular complexity index is 1560. The average Bonchev–Trinajstić information content (AvgIpc) is 3.26. The zero-order valence-corrected chi connectivity index (χ0v) is 37.9. The quantitative estimate of drug-likeness (QED) is 0.0320. The van der Waals surface area contributed by atoms with Crippen LogP contribution < -0.4 is 14.8 Å². The van der Waals surface area contributed by atoms with Gasteiger partial charge in [-0.1, -0.05) is 94.9 Å². The number of aliphatic hydroxyl groups excluding tert-OH is 3. The van der Waals surface area contributed by atoms with Crippen LogP contribution in [0, 0.1) is 17.8 Å². The molecule has 0 aromatic heterocycles. The molecular weight excluding hydrogens is 795 g/mol. The Morgan fingerprint density at radius 2 is 1.63 bits per heavy atom. The number of carbonyl (C=O) groups is 2. The SMILES string of the molecule is C=CCO[C@@]12Oc3ccc(OC(=O)NCC)cc3[C@H]3[C@H](CCCCO)[C@@H](CCCCO)C=C(C(=NOC)C[C@@H]1N(CCOCCO)C(=O)OCCCCCCCCCCCC)[C@H]32. The zero-order chi connectivity index (χ0) is 44.6. The molecule has 3 aliphatic rings. The van der Waals surface area contributed by atoms with Crippen molar-refractivity contribution >= 4 is 17.9 Å². The molecule has 62 heavy (non-hydrogen) atoms. The monoisotopic (exact) mass is 872 g/mol. The lowest BCUT2D eigenvalue weighted by Gasteiger charge is -2.59. The van der Waals surface area contributed by atoms with Crippen molar-refractivity contribution in [1.29, 1.82) is 0 Å². The Labute approximate surface area is 370 Å². The van der Waals surface area contributed by atoms with Gasteiger partial charge in [-0.25, -0.2) is 9.59 Å². The number of fused-ring (bicyclic) bond motifs is 2. The first-order chi connectivity index (χ1) is 30.3. The van der Waals surface area contributed by atoms with E-state index in [1.54, 1.807) is 23.1 Å². The maximum atomic E-state index is 14.5. The molecule has 14 heteroatoms. The van der Waals surface area contributed by atoms with Gasteiger partial charge in [-0.3, -0.25) is 4.90 Å². The van der Waals surface area contributed by atoms with Crippen LogP contribution in [0.2, 0.25) is 0 Å². The van der Waals surface area contributed by atoms with Crippen LogP contribution in [-0.4, -0.2) is 116 Å². The summed E-state index contributed by atoms with van der Waals surface area (Å²) in [5.41, 5.74) is 2.37. The summed E-state index contributed by atoms with van der Waals surface area (Å²) in [6, 6.07) is 4.59. The molecule has 1 saturated carbocycles. The van der Waals surface area contributed by atoms with E-state index >= 15 is 0 Å². The van der Waals surface area contributed by atoms with Gasteiger partial charge < -0.3 is 49.2 Å². The molecule has 1 heterocycles. The van der Waals surface area contributed by atoms with E-state index < -0.39 is 29.9 Å². The first-order valence-corrected chi connectivity index (χ1v) is 23.5. The highest BCUT2D eigenvalue weighted by molar-refractivity contribution is 6.03. The van der Waals surface area contributed by atoms with Gasteiger partial charge in [0.05, 0.1) is 44.7 Å². The number of ether oxygens (including phenoxy) is 5. The lowest BCUT2D eigenvalue weighted by Crippen LogP contribution is -2.70. The summed E-state index contributed by atoms with van der Waals surface area (Å²) in [5, 5.41) is 36.6. The number of benzene rings is 1. The maximum Gasteiger partial charge on any atom is 0.412 e. The molecule has 0 saturated heterocycles. The highest BCUT2D eigenvalue weighted by Crippen LogP contribution is 2.62. The fraction of sp³-hybridized carbons (Fsp3) is 0.729. The summed E-state index contributed by atoms with van der Waals surface area (Å²) in [5.74, 6) is -1.38. The van der Waals surface area contributed by atoms with Crippen molar-refractivity contribution in [2.75, 3.05) is 66.4 Å². The standard InChI is InChI=1S/C48H77N3O11/c1-5-8-9-10-11-12-13-14-15-20-30-59-47(56)51(25-31-58-32-28-54)43-35-41(50-57-4)39-33-36(21-16-18-26-52)38(22-17-19-27-53)44-40-34-37(61-46(55)49-7-3)23-24-42(40)62-48(43,45(39)44)60-29-6-2/h6,23-24,33-34,36,38,43-45,52-54H,2,5,7-22,25-32,35H2,1,3-4H3,(H,49,55)/t36-,38+,43-,44+,45+,48+/m0/s1. The van der Waals surface area contributed by atoms with Gasteiger partial charge in [-0.05, 0) is 74.6 Å². The molecule has 0 radical (unpaired) electrons. The lowest BCUT2D eigenvalue weighted by atomic mass is 9.55. The molecule has 1 aromatic rings. The molecule has 4 rings (SSSR count). The number of unbranched alkanes of at least 4 members (excludes halogenated alkanes) is 11. The molecule has 2 amide bonds. The Morgan fingerprint density at radius 3 is 2.29 bits per heavy atom. The van der Waals surface area contributed by atoms with Crippen molar-refractivity contribution in [3.63, 3.8) is 0 Å². The third-order valence-corrected chi connectivity index (χ3v) is 12.4. The summed E-state index contributed by atoms with van der Waals surface area (Å²) >= 11 is 0. The molecule has 4 N–H and O–H groups in total. The number of nitrogens with one attached hydrogen (secondary N) is 1. The van der Waals surface area contributed by atoms with Crippen LogP contribution in [0.5, 0.6) is 11.5 Å². The topological polar surface area (TPSA) is 178 Å². The summed E-state index contributed by atoms with van der Waals surface area (Å²) in [7, 11) is 1.51. The summed E-state index contributed by atoms with van der Waals surface area (Å²) in [6.07, 6.45) is 19.0. The van der Waals surface area contributed by atoms with Gasteiger partial charge in [0.25, 0.3) is 0 Å². The van der Waals surface area contributed by atoms with Crippen LogP contribution >= 0.6 is 0 Å². The molecule has 0 spiro atoms. The number of allylic oxidation sites excluding steroid dienone is 1. The van der Waals surface area contributed by atoms with E-state index in [-0.39, 0.29) is 77.0 Å². The van der Waals surface area contributed by atoms with Gasteiger partial charge in [0.15, 0.2) is 0 Å². The molecule has 14 nitrogen and oxygen atoms in total. The maximum absolute atomic E-state index is 14.5. The van der Waals surface area contributed by atoms with Gasteiger partial charge in [0.2, 0.25) is 5.79 Å². The Hall–Kier alpha value is -3.69. The smallest absolute Gasteiger partial charge is 0.412 e. The van der Waals surface area contributed by atoms with Crippen molar-refractivity contribution in [2.24, 2.45) is 22.9 Å². The van der Waals surface area contributed by atoms with Crippen molar-refractivity contribution in [3.05, 3.63) is 48.1 Å². The van der Waals surface area contributed by atoms with Gasteiger partial charge in [-0.15, -0.1) is 6.58 Å². The third kappa shape index (κ3) is 14.2. The molecule has 6 atom stereocenters. The van der Waals surface area contributed by atoms with E-state index in [2.05, 4.69) is 30.1 Å². The Balaban J connectivity index is 1.80. The second kappa shape index (κ2) is 28.2. The van der Waals surface area contributed by atoms with Crippen LogP contribution in [0.3, 0.4) is 0 Å². The first kappa shape index (κ1) is 50.9. The number of amides is 2. The number of hydrogen-bond donors (Lipinski definition) is 4. The van der Waals surface area contributed by atoms with Crippen LogP contribution in [0.25, 0.3) is 0 Å². The fourth-order valence-corrected chi connectivity index (χ4v) is 9.65. The highest BCUT2D eigenvalue weighted by Gasteiger charge is 2.65. The largest absolute Gasteiger partial charge is 0.459 e. The average molecular weight is 872 g/mol. The molecular formula is C48H77N3O11.